The van der Waals surface area contributed by atoms with Crippen molar-refractivity contribution >= 4 is 11.8 Å². The molecule has 0 aromatic carbocycles. The maximum absolute atomic E-state index is 5.73. The largest absolute Gasteiger partial charge is 0.375 e. The standard InChI is InChI=1S/C13H27NOS/c1-5-16-9-7-11(2)14-12-6-8-15-13(3,4)10-12/h11-12,14H,5-10H2,1-4H3. The summed E-state index contributed by atoms with van der Waals surface area (Å²) in [5.74, 6) is 2.51. The molecule has 1 fully saturated rings. The summed E-state index contributed by atoms with van der Waals surface area (Å²) in [5.41, 5.74) is 0.0633. The van der Waals surface area contributed by atoms with Crippen LogP contribution in [0, 0.1) is 0 Å². The lowest BCUT2D eigenvalue weighted by Crippen LogP contribution is -2.46. The van der Waals surface area contributed by atoms with Crippen LogP contribution in [-0.2, 0) is 4.74 Å². The maximum Gasteiger partial charge on any atom is 0.0641 e. The van der Waals surface area contributed by atoms with Crippen LogP contribution in [0.3, 0.4) is 0 Å². The first-order valence-corrected chi connectivity index (χ1v) is 7.66. The van der Waals surface area contributed by atoms with E-state index in [2.05, 4.69) is 33.0 Å². The molecule has 0 aliphatic carbocycles. The summed E-state index contributed by atoms with van der Waals surface area (Å²) in [7, 11) is 0. The topological polar surface area (TPSA) is 21.3 Å². The lowest BCUT2D eigenvalue weighted by atomic mass is 9.93. The van der Waals surface area contributed by atoms with Gasteiger partial charge in [0.2, 0.25) is 0 Å². The first-order chi connectivity index (χ1) is 7.53. The van der Waals surface area contributed by atoms with Crippen LogP contribution in [0.2, 0.25) is 0 Å². The van der Waals surface area contributed by atoms with E-state index in [1.54, 1.807) is 0 Å². The van der Waals surface area contributed by atoms with Gasteiger partial charge < -0.3 is 10.1 Å². The van der Waals surface area contributed by atoms with Crippen LogP contribution in [0.1, 0.15) is 47.0 Å². The first-order valence-electron chi connectivity index (χ1n) is 6.51. The molecule has 2 atom stereocenters. The Balaban J connectivity index is 2.20. The van der Waals surface area contributed by atoms with Gasteiger partial charge in [-0.1, -0.05) is 6.92 Å². The molecule has 2 unspecified atom stereocenters. The predicted molar refractivity (Wildman–Crippen MR) is 73.3 cm³/mol. The summed E-state index contributed by atoms with van der Waals surface area (Å²) in [5, 5.41) is 3.74. The normalized spacial score (nSPS) is 26.6. The molecule has 96 valence electrons. The molecule has 2 nitrogen and oxygen atoms in total. The molecule has 0 radical (unpaired) electrons. The number of hydrogen-bond donors (Lipinski definition) is 1. The number of ether oxygens (including phenoxy) is 1. The zero-order chi connectivity index (χ0) is 12.0. The molecule has 1 aliphatic heterocycles. The Morgan fingerprint density at radius 2 is 2.25 bits per heavy atom. The molecule has 1 heterocycles. The van der Waals surface area contributed by atoms with Crippen LogP contribution in [0.25, 0.3) is 0 Å². The van der Waals surface area contributed by atoms with Crippen molar-refractivity contribution in [2.45, 2.75) is 64.6 Å². The zero-order valence-corrected chi connectivity index (χ0v) is 12.0. The fourth-order valence-corrected chi connectivity index (χ4v) is 3.07. The molecule has 0 aromatic heterocycles. The van der Waals surface area contributed by atoms with Gasteiger partial charge in [0.05, 0.1) is 5.60 Å². The molecule has 16 heavy (non-hydrogen) atoms. The van der Waals surface area contributed by atoms with E-state index >= 15 is 0 Å². The van der Waals surface area contributed by atoms with Gasteiger partial charge in [-0.3, -0.25) is 0 Å². The summed E-state index contributed by atoms with van der Waals surface area (Å²) in [6.07, 6.45) is 3.57. The third kappa shape index (κ3) is 5.55. The highest BCUT2D eigenvalue weighted by molar-refractivity contribution is 7.99. The lowest BCUT2D eigenvalue weighted by molar-refractivity contribution is -0.0639. The number of hydrogen-bond acceptors (Lipinski definition) is 3. The highest BCUT2D eigenvalue weighted by atomic mass is 32.2. The molecular weight excluding hydrogens is 218 g/mol. The summed E-state index contributed by atoms with van der Waals surface area (Å²) in [6.45, 7) is 9.82. The fraction of sp³-hybridized carbons (Fsp3) is 1.00. The van der Waals surface area contributed by atoms with E-state index in [1.807, 2.05) is 11.8 Å². The summed E-state index contributed by atoms with van der Waals surface area (Å²) >= 11 is 2.03. The summed E-state index contributed by atoms with van der Waals surface area (Å²) in [6, 6.07) is 1.28. The van der Waals surface area contributed by atoms with Crippen LogP contribution in [-0.4, -0.2) is 35.8 Å². The average Bonchev–Trinajstić information content (AvgIpc) is 2.16. The smallest absolute Gasteiger partial charge is 0.0641 e. The van der Waals surface area contributed by atoms with E-state index in [0.717, 1.165) is 19.4 Å². The Bertz CT molecular complexity index is 196. The Morgan fingerprint density at radius 1 is 1.50 bits per heavy atom. The van der Waals surface area contributed by atoms with Gasteiger partial charge in [0.15, 0.2) is 0 Å². The maximum atomic E-state index is 5.73. The molecule has 0 amide bonds. The van der Waals surface area contributed by atoms with Gasteiger partial charge in [0.1, 0.15) is 0 Å². The van der Waals surface area contributed by atoms with Crippen LogP contribution >= 0.6 is 11.8 Å². The molecule has 0 bridgehead atoms. The summed E-state index contributed by atoms with van der Waals surface area (Å²) < 4.78 is 5.73. The van der Waals surface area contributed by atoms with Crippen LogP contribution in [0.5, 0.6) is 0 Å². The Morgan fingerprint density at radius 3 is 2.88 bits per heavy atom. The van der Waals surface area contributed by atoms with E-state index in [-0.39, 0.29) is 5.60 Å². The number of rotatable bonds is 6. The molecule has 1 N–H and O–H groups in total. The second-order valence-electron chi connectivity index (χ2n) is 5.35. The van der Waals surface area contributed by atoms with Gasteiger partial charge in [-0.15, -0.1) is 0 Å². The van der Waals surface area contributed by atoms with Crippen molar-refractivity contribution in [3.8, 4) is 0 Å². The summed E-state index contributed by atoms with van der Waals surface area (Å²) in [4.78, 5) is 0. The van der Waals surface area contributed by atoms with Crippen molar-refractivity contribution in [3.05, 3.63) is 0 Å². The van der Waals surface area contributed by atoms with E-state index < -0.39 is 0 Å². The predicted octanol–water partition coefficient (Wildman–Crippen LogP) is 3.07. The van der Waals surface area contributed by atoms with Crippen molar-refractivity contribution in [3.63, 3.8) is 0 Å². The van der Waals surface area contributed by atoms with Crippen molar-refractivity contribution in [2.75, 3.05) is 18.1 Å². The third-order valence-corrected chi connectivity index (χ3v) is 4.05. The quantitative estimate of drug-likeness (QED) is 0.727. The molecule has 0 spiro atoms. The number of nitrogens with one attached hydrogen (secondary N) is 1. The van der Waals surface area contributed by atoms with Crippen LogP contribution < -0.4 is 5.32 Å². The van der Waals surface area contributed by atoms with E-state index in [1.165, 1.54) is 17.9 Å². The van der Waals surface area contributed by atoms with Gasteiger partial charge in [0, 0.05) is 18.7 Å². The van der Waals surface area contributed by atoms with E-state index in [0.29, 0.717) is 12.1 Å². The molecule has 0 aromatic rings. The highest BCUT2D eigenvalue weighted by Gasteiger charge is 2.29. The van der Waals surface area contributed by atoms with Crippen molar-refractivity contribution in [1.82, 2.24) is 5.32 Å². The van der Waals surface area contributed by atoms with Crippen molar-refractivity contribution < 1.29 is 4.74 Å². The van der Waals surface area contributed by atoms with Gasteiger partial charge in [0.25, 0.3) is 0 Å². The lowest BCUT2D eigenvalue weighted by Gasteiger charge is -2.37. The second kappa shape index (κ2) is 6.87. The van der Waals surface area contributed by atoms with E-state index in [4.69, 9.17) is 4.74 Å². The van der Waals surface area contributed by atoms with Gasteiger partial charge in [-0.05, 0) is 51.5 Å². The average molecular weight is 245 g/mol. The van der Waals surface area contributed by atoms with E-state index in [9.17, 15) is 0 Å². The second-order valence-corrected chi connectivity index (χ2v) is 6.75. The SMILES string of the molecule is CCSCCC(C)NC1CCOC(C)(C)C1. The van der Waals surface area contributed by atoms with Crippen molar-refractivity contribution in [1.29, 1.82) is 0 Å². The van der Waals surface area contributed by atoms with Gasteiger partial charge >= 0.3 is 0 Å². The van der Waals surface area contributed by atoms with Crippen LogP contribution in [0.15, 0.2) is 0 Å². The third-order valence-electron chi connectivity index (χ3n) is 3.12. The van der Waals surface area contributed by atoms with Gasteiger partial charge in [-0.25, -0.2) is 0 Å². The minimum Gasteiger partial charge on any atom is -0.375 e. The molecule has 3 heteroatoms. The Labute approximate surface area is 105 Å². The molecule has 1 rings (SSSR count). The minimum atomic E-state index is 0.0633. The molecule has 1 aliphatic rings. The fourth-order valence-electron chi connectivity index (χ4n) is 2.26. The molecular formula is C13H27NOS. The minimum absolute atomic E-state index is 0.0633. The van der Waals surface area contributed by atoms with Crippen LogP contribution in [0.4, 0.5) is 0 Å². The Kier molecular flexibility index (Phi) is 6.16. The zero-order valence-electron chi connectivity index (χ0n) is 11.2. The molecule has 1 saturated heterocycles. The van der Waals surface area contributed by atoms with Crippen molar-refractivity contribution in [2.24, 2.45) is 0 Å². The molecule has 0 saturated carbocycles. The first kappa shape index (κ1) is 14.3. The van der Waals surface area contributed by atoms with Gasteiger partial charge in [-0.2, -0.15) is 11.8 Å². The number of thioether (sulfide) groups is 1. The highest BCUT2D eigenvalue weighted by Crippen LogP contribution is 2.24. The Hall–Kier alpha value is 0.270. The monoisotopic (exact) mass is 245 g/mol.